The summed E-state index contributed by atoms with van der Waals surface area (Å²) in [6.45, 7) is 5.81. The summed E-state index contributed by atoms with van der Waals surface area (Å²) >= 11 is 0. The molecule has 1 saturated carbocycles. The minimum Gasteiger partial charge on any atom is -0.367 e. The molecular formula is C15H23N3. The minimum absolute atomic E-state index is 0.556. The largest absolute Gasteiger partial charge is 0.367 e. The first-order chi connectivity index (χ1) is 8.75. The van der Waals surface area contributed by atoms with Gasteiger partial charge in [0.2, 0.25) is 0 Å². The highest BCUT2D eigenvalue weighted by molar-refractivity contribution is 5.47. The van der Waals surface area contributed by atoms with Crippen LogP contribution < -0.4 is 5.32 Å². The molecule has 0 radical (unpaired) electrons. The van der Waals surface area contributed by atoms with Gasteiger partial charge in [-0.1, -0.05) is 6.07 Å². The zero-order valence-electron chi connectivity index (χ0n) is 11.4. The van der Waals surface area contributed by atoms with Crippen molar-refractivity contribution in [2.45, 2.75) is 57.7 Å². The lowest BCUT2D eigenvalue weighted by Crippen LogP contribution is -2.30. The van der Waals surface area contributed by atoms with Crippen LogP contribution in [-0.2, 0) is 0 Å². The SMILES string of the molecule is CC(C)N1CCC[C@@H]1c1cccnc1NC1CC1. The van der Waals surface area contributed by atoms with Crippen molar-refractivity contribution in [3.63, 3.8) is 0 Å². The highest BCUT2D eigenvalue weighted by Crippen LogP contribution is 2.37. The van der Waals surface area contributed by atoms with Crippen molar-refractivity contribution in [2.75, 3.05) is 11.9 Å². The number of pyridine rings is 1. The first-order valence-corrected chi connectivity index (χ1v) is 7.23. The van der Waals surface area contributed by atoms with Gasteiger partial charge in [0.05, 0.1) is 0 Å². The fourth-order valence-electron chi connectivity index (χ4n) is 2.97. The van der Waals surface area contributed by atoms with Crippen LogP contribution in [0, 0.1) is 0 Å². The maximum Gasteiger partial charge on any atom is 0.130 e. The second-order valence-corrected chi connectivity index (χ2v) is 5.85. The van der Waals surface area contributed by atoms with Gasteiger partial charge in [-0.05, 0) is 52.1 Å². The minimum atomic E-state index is 0.556. The van der Waals surface area contributed by atoms with E-state index >= 15 is 0 Å². The summed E-state index contributed by atoms with van der Waals surface area (Å²) < 4.78 is 0. The number of rotatable bonds is 4. The van der Waals surface area contributed by atoms with Crippen molar-refractivity contribution in [1.82, 2.24) is 9.88 Å². The molecule has 0 bridgehead atoms. The predicted octanol–water partition coefficient (Wildman–Crippen LogP) is 3.20. The van der Waals surface area contributed by atoms with Crippen molar-refractivity contribution in [3.05, 3.63) is 23.9 Å². The van der Waals surface area contributed by atoms with Crippen LogP contribution in [0.15, 0.2) is 18.3 Å². The van der Waals surface area contributed by atoms with Crippen LogP contribution in [0.5, 0.6) is 0 Å². The molecular weight excluding hydrogens is 222 g/mol. The Morgan fingerprint density at radius 2 is 2.17 bits per heavy atom. The van der Waals surface area contributed by atoms with Gasteiger partial charge in [0.25, 0.3) is 0 Å². The van der Waals surface area contributed by atoms with Crippen molar-refractivity contribution < 1.29 is 0 Å². The number of aromatic nitrogens is 1. The maximum atomic E-state index is 4.56. The maximum absolute atomic E-state index is 4.56. The quantitative estimate of drug-likeness (QED) is 0.883. The first kappa shape index (κ1) is 12.0. The average molecular weight is 245 g/mol. The standard InChI is InChI=1S/C15H23N3/c1-11(2)18-10-4-6-14(18)13-5-3-9-16-15(13)17-12-7-8-12/h3,5,9,11-12,14H,4,6-8,10H2,1-2H3,(H,16,17)/t14-/m1/s1. The van der Waals surface area contributed by atoms with E-state index in [1.807, 2.05) is 6.20 Å². The van der Waals surface area contributed by atoms with Gasteiger partial charge in [0, 0.05) is 29.9 Å². The molecule has 0 aromatic carbocycles. The molecule has 1 aromatic heterocycles. The molecule has 3 nitrogen and oxygen atoms in total. The zero-order chi connectivity index (χ0) is 12.5. The van der Waals surface area contributed by atoms with Crippen molar-refractivity contribution in [3.8, 4) is 0 Å². The van der Waals surface area contributed by atoms with Crippen molar-refractivity contribution in [1.29, 1.82) is 0 Å². The van der Waals surface area contributed by atoms with Crippen molar-refractivity contribution >= 4 is 5.82 Å². The Kier molecular flexibility index (Phi) is 3.25. The molecule has 0 unspecified atom stereocenters. The Balaban J connectivity index is 1.85. The number of hydrogen-bond acceptors (Lipinski definition) is 3. The first-order valence-electron chi connectivity index (χ1n) is 7.23. The summed E-state index contributed by atoms with van der Waals surface area (Å²) in [6.07, 6.45) is 7.08. The predicted molar refractivity (Wildman–Crippen MR) is 74.7 cm³/mol. The second-order valence-electron chi connectivity index (χ2n) is 5.85. The van der Waals surface area contributed by atoms with Crippen LogP contribution in [0.4, 0.5) is 5.82 Å². The highest BCUT2D eigenvalue weighted by Gasteiger charge is 2.31. The molecule has 1 saturated heterocycles. The van der Waals surface area contributed by atoms with Gasteiger partial charge in [-0.15, -0.1) is 0 Å². The third kappa shape index (κ3) is 2.37. The smallest absolute Gasteiger partial charge is 0.130 e. The molecule has 1 aliphatic carbocycles. The third-order valence-electron chi connectivity index (χ3n) is 4.07. The summed E-state index contributed by atoms with van der Waals surface area (Å²) in [4.78, 5) is 7.17. The second kappa shape index (κ2) is 4.88. The van der Waals surface area contributed by atoms with Gasteiger partial charge in [-0.25, -0.2) is 4.98 Å². The Morgan fingerprint density at radius 3 is 2.89 bits per heavy atom. The molecule has 98 valence electrons. The topological polar surface area (TPSA) is 28.2 Å². The molecule has 2 heterocycles. The van der Waals surface area contributed by atoms with Crippen LogP contribution in [0.25, 0.3) is 0 Å². The molecule has 2 fully saturated rings. The van der Waals surface area contributed by atoms with E-state index in [2.05, 4.69) is 41.2 Å². The van der Waals surface area contributed by atoms with Gasteiger partial charge in [-0.3, -0.25) is 4.90 Å². The lowest BCUT2D eigenvalue weighted by Gasteiger charge is -2.29. The number of anilines is 1. The third-order valence-corrected chi connectivity index (χ3v) is 4.07. The molecule has 18 heavy (non-hydrogen) atoms. The van der Waals surface area contributed by atoms with E-state index in [4.69, 9.17) is 0 Å². The molecule has 0 amide bonds. The van der Waals surface area contributed by atoms with E-state index in [1.165, 1.54) is 37.8 Å². The molecule has 1 atom stereocenters. The van der Waals surface area contributed by atoms with Gasteiger partial charge >= 0.3 is 0 Å². The van der Waals surface area contributed by atoms with Crippen LogP contribution >= 0.6 is 0 Å². The van der Waals surface area contributed by atoms with E-state index < -0.39 is 0 Å². The number of nitrogens with one attached hydrogen (secondary N) is 1. The lowest BCUT2D eigenvalue weighted by atomic mass is 10.0. The summed E-state index contributed by atoms with van der Waals surface area (Å²) in [5, 5.41) is 3.58. The molecule has 1 N–H and O–H groups in total. The average Bonchev–Trinajstić information content (AvgIpc) is 3.04. The summed E-state index contributed by atoms with van der Waals surface area (Å²) in [7, 11) is 0. The highest BCUT2D eigenvalue weighted by atomic mass is 15.2. The molecule has 3 heteroatoms. The van der Waals surface area contributed by atoms with E-state index in [9.17, 15) is 0 Å². The Morgan fingerprint density at radius 1 is 1.33 bits per heavy atom. The zero-order valence-corrected chi connectivity index (χ0v) is 11.4. The number of likely N-dealkylation sites (tertiary alicyclic amines) is 1. The normalized spacial score (nSPS) is 24.7. The number of nitrogens with zero attached hydrogens (tertiary/aromatic N) is 2. The van der Waals surface area contributed by atoms with Gasteiger partial charge < -0.3 is 5.32 Å². The molecule has 0 spiro atoms. The Bertz CT molecular complexity index is 412. The fourth-order valence-corrected chi connectivity index (χ4v) is 2.97. The van der Waals surface area contributed by atoms with Crippen LogP contribution in [0.1, 0.15) is 51.1 Å². The van der Waals surface area contributed by atoms with Crippen LogP contribution in [0.2, 0.25) is 0 Å². The Labute approximate surface area is 110 Å². The van der Waals surface area contributed by atoms with E-state index in [0.29, 0.717) is 18.1 Å². The van der Waals surface area contributed by atoms with E-state index in [1.54, 1.807) is 0 Å². The van der Waals surface area contributed by atoms with Gasteiger partial charge in [-0.2, -0.15) is 0 Å². The molecule has 2 aliphatic rings. The van der Waals surface area contributed by atoms with E-state index in [-0.39, 0.29) is 0 Å². The van der Waals surface area contributed by atoms with Gasteiger partial charge in [0.15, 0.2) is 0 Å². The summed E-state index contributed by atoms with van der Waals surface area (Å²) in [5.74, 6) is 1.12. The molecule has 1 aliphatic heterocycles. The van der Waals surface area contributed by atoms with Crippen LogP contribution in [-0.4, -0.2) is 28.5 Å². The van der Waals surface area contributed by atoms with Crippen molar-refractivity contribution in [2.24, 2.45) is 0 Å². The summed E-state index contributed by atoms with van der Waals surface area (Å²) in [5.41, 5.74) is 1.40. The van der Waals surface area contributed by atoms with E-state index in [0.717, 1.165) is 5.82 Å². The monoisotopic (exact) mass is 245 g/mol. The fraction of sp³-hybridized carbons (Fsp3) is 0.667. The Hall–Kier alpha value is -1.09. The lowest BCUT2D eigenvalue weighted by molar-refractivity contribution is 0.206. The van der Waals surface area contributed by atoms with Gasteiger partial charge in [0.1, 0.15) is 5.82 Å². The molecule has 3 rings (SSSR count). The molecule has 1 aromatic rings. The number of hydrogen-bond donors (Lipinski definition) is 1. The van der Waals surface area contributed by atoms with Crippen LogP contribution in [0.3, 0.4) is 0 Å². The summed E-state index contributed by atoms with van der Waals surface area (Å²) in [6, 6.07) is 6.17.